The molecule has 1 aliphatic rings. The lowest BCUT2D eigenvalue weighted by molar-refractivity contribution is 0.0646. The molecule has 2 unspecified atom stereocenters. The highest BCUT2D eigenvalue weighted by Crippen LogP contribution is 2.38. The Morgan fingerprint density at radius 1 is 1.33 bits per heavy atom. The maximum absolute atomic E-state index is 6.50. The van der Waals surface area contributed by atoms with Crippen LogP contribution in [-0.4, -0.2) is 31.1 Å². The molecule has 2 atom stereocenters. The maximum atomic E-state index is 6.50. The summed E-state index contributed by atoms with van der Waals surface area (Å²) in [4.78, 5) is 2.56. The zero-order chi connectivity index (χ0) is 15.5. The highest BCUT2D eigenvalue weighted by molar-refractivity contribution is 5.37. The van der Waals surface area contributed by atoms with Gasteiger partial charge in [-0.25, -0.2) is 0 Å². The predicted octanol–water partition coefficient (Wildman–Crippen LogP) is 3.60. The number of piperidine rings is 1. The second kappa shape index (κ2) is 6.80. The normalized spacial score (nSPS) is 21.8. The number of methoxy groups -OCH3 is 1. The summed E-state index contributed by atoms with van der Waals surface area (Å²) in [7, 11) is 1.74. The first-order valence-corrected chi connectivity index (χ1v) is 8.11. The van der Waals surface area contributed by atoms with E-state index in [1.807, 2.05) is 12.1 Å². The lowest BCUT2D eigenvalue weighted by Gasteiger charge is -2.44. The minimum atomic E-state index is 0.134. The van der Waals surface area contributed by atoms with Gasteiger partial charge in [-0.1, -0.05) is 39.0 Å². The Balaban J connectivity index is 2.34. The van der Waals surface area contributed by atoms with Crippen LogP contribution in [0.25, 0.3) is 0 Å². The van der Waals surface area contributed by atoms with Gasteiger partial charge in [-0.3, -0.25) is 4.90 Å². The van der Waals surface area contributed by atoms with Gasteiger partial charge < -0.3 is 10.5 Å². The van der Waals surface area contributed by atoms with Crippen LogP contribution >= 0.6 is 0 Å². The smallest absolute Gasteiger partial charge is 0.123 e. The van der Waals surface area contributed by atoms with Crippen molar-refractivity contribution in [2.75, 3.05) is 20.2 Å². The third-order valence-corrected chi connectivity index (χ3v) is 4.66. The molecule has 1 aliphatic heterocycles. The number of para-hydroxylation sites is 1. The van der Waals surface area contributed by atoms with E-state index in [4.69, 9.17) is 10.5 Å². The molecule has 21 heavy (non-hydrogen) atoms. The lowest BCUT2D eigenvalue weighted by atomic mass is 9.82. The quantitative estimate of drug-likeness (QED) is 0.900. The van der Waals surface area contributed by atoms with Gasteiger partial charge in [-0.05, 0) is 37.3 Å². The van der Waals surface area contributed by atoms with Gasteiger partial charge >= 0.3 is 0 Å². The molecule has 1 heterocycles. The Kier molecular flexibility index (Phi) is 5.28. The molecule has 2 N–H and O–H groups in total. The first-order valence-electron chi connectivity index (χ1n) is 8.11. The van der Waals surface area contributed by atoms with Gasteiger partial charge in [0.2, 0.25) is 0 Å². The van der Waals surface area contributed by atoms with E-state index in [1.54, 1.807) is 7.11 Å². The van der Waals surface area contributed by atoms with E-state index in [2.05, 4.69) is 37.8 Å². The SMILES string of the molecule is CCC(N)C(c1ccccc1OC)N1CCCC(C)(C)C1. The average molecular weight is 290 g/mol. The molecule has 0 saturated carbocycles. The molecule has 0 aliphatic carbocycles. The Morgan fingerprint density at radius 2 is 2.05 bits per heavy atom. The summed E-state index contributed by atoms with van der Waals surface area (Å²) >= 11 is 0. The van der Waals surface area contributed by atoms with E-state index in [1.165, 1.54) is 18.4 Å². The third-order valence-electron chi connectivity index (χ3n) is 4.66. The molecule has 1 aromatic carbocycles. The number of benzene rings is 1. The molecule has 118 valence electrons. The number of hydrogen-bond acceptors (Lipinski definition) is 3. The van der Waals surface area contributed by atoms with Crippen LogP contribution in [0.2, 0.25) is 0 Å². The predicted molar refractivity (Wildman–Crippen MR) is 88.6 cm³/mol. The van der Waals surface area contributed by atoms with Crippen molar-refractivity contribution in [3.8, 4) is 5.75 Å². The molecule has 3 nitrogen and oxygen atoms in total. The van der Waals surface area contributed by atoms with Crippen LogP contribution in [0.5, 0.6) is 5.75 Å². The number of nitrogens with zero attached hydrogens (tertiary/aromatic N) is 1. The summed E-state index contributed by atoms with van der Waals surface area (Å²) in [6.07, 6.45) is 3.51. The maximum Gasteiger partial charge on any atom is 0.123 e. The van der Waals surface area contributed by atoms with Gasteiger partial charge in [-0.15, -0.1) is 0 Å². The Morgan fingerprint density at radius 3 is 2.67 bits per heavy atom. The monoisotopic (exact) mass is 290 g/mol. The fourth-order valence-electron chi connectivity index (χ4n) is 3.54. The molecule has 0 bridgehead atoms. The van der Waals surface area contributed by atoms with E-state index in [-0.39, 0.29) is 12.1 Å². The van der Waals surface area contributed by atoms with Gasteiger partial charge in [0, 0.05) is 18.2 Å². The molecule has 0 amide bonds. The molecule has 1 saturated heterocycles. The molecular weight excluding hydrogens is 260 g/mol. The largest absolute Gasteiger partial charge is 0.496 e. The molecule has 0 spiro atoms. The molecular formula is C18H30N2O. The van der Waals surface area contributed by atoms with Crippen LogP contribution in [0.4, 0.5) is 0 Å². The molecule has 0 radical (unpaired) electrons. The average Bonchev–Trinajstić information content (AvgIpc) is 2.47. The summed E-state index contributed by atoms with van der Waals surface area (Å²) in [5, 5.41) is 0. The van der Waals surface area contributed by atoms with Crippen LogP contribution in [0.15, 0.2) is 24.3 Å². The Hall–Kier alpha value is -1.06. The number of ether oxygens (including phenoxy) is 1. The van der Waals surface area contributed by atoms with Crippen molar-refractivity contribution in [1.29, 1.82) is 0 Å². The fraction of sp³-hybridized carbons (Fsp3) is 0.667. The molecule has 2 rings (SSSR count). The highest BCUT2D eigenvalue weighted by Gasteiger charge is 2.34. The number of rotatable bonds is 5. The minimum absolute atomic E-state index is 0.134. The summed E-state index contributed by atoms with van der Waals surface area (Å²) in [5.41, 5.74) is 8.09. The first kappa shape index (κ1) is 16.3. The number of nitrogens with two attached hydrogens (primary N) is 1. The molecule has 3 heteroatoms. The number of likely N-dealkylation sites (tertiary alicyclic amines) is 1. The van der Waals surface area contributed by atoms with E-state index in [0.717, 1.165) is 25.3 Å². The first-order chi connectivity index (χ1) is 9.98. The van der Waals surface area contributed by atoms with Gasteiger partial charge in [0.25, 0.3) is 0 Å². The van der Waals surface area contributed by atoms with Crippen LogP contribution in [0.1, 0.15) is 51.6 Å². The van der Waals surface area contributed by atoms with Crippen LogP contribution in [-0.2, 0) is 0 Å². The van der Waals surface area contributed by atoms with Gasteiger partial charge in [-0.2, -0.15) is 0 Å². The second-order valence-electron chi connectivity index (χ2n) is 7.00. The van der Waals surface area contributed by atoms with Crippen LogP contribution in [0.3, 0.4) is 0 Å². The van der Waals surface area contributed by atoms with E-state index in [9.17, 15) is 0 Å². The highest BCUT2D eigenvalue weighted by atomic mass is 16.5. The van der Waals surface area contributed by atoms with Crippen molar-refractivity contribution in [1.82, 2.24) is 4.90 Å². The van der Waals surface area contributed by atoms with E-state index < -0.39 is 0 Å². The van der Waals surface area contributed by atoms with Crippen molar-refractivity contribution in [3.63, 3.8) is 0 Å². The topological polar surface area (TPSA) is 38.5 Å². The second-order valence-corrected chi connectivity index (χ2v) is 7.00. The zero-order valence-corrected chi connectivity index (χ0v) is 13.9. The minimum Gasteiger partial charge on any atom is -0.496 e. The van der Waals surface area contributed by atoms with Crippen molar-refractivity contribution in [3.05, 3.63) is 29.8 Å². The van der Waals surface area contributed by atoms with Crippen LogP contribution in [0, 0.1) is 5.41 Å². The van der Waals surface area contributed by atoms with Crippen molar-refractivity contribution in [2.24, 2.45) is 11.1 Å². The summed E-state index contributed by atoms with van der Waals surface area (Å²) in [6.45, 7) is 9.11. The van der Waals surface area contributed by atoms with Gasteiger partial charge in [0.1, 0.15) is 5.75 Å². The lowest BCUT2D eigenvalue weighted by Crippen LogP contribution is -2.48. The van der Waals surface area contributed by atoms with Crippen molar-refractivity contribution in [2.45, 2.75) is 52.1 Å². The molecule has 1 aromatic rings. The fourth-order valence-corrected chi connectivity index (χ4v) is 3.54. The van der Waals surface area contributed by atoms with E-state index >= 15 is 0 Å². The van der Waals surface area contributed by atoms with E-state index in [0.29, 0.717) is 5.41 Å². The van der Waals surface area contributed by atoms with Crippen molar-refractivity contribution < 1.29 is 4.74 Å². The summed E-state index contributed by atoms with van der Waals surface area (Å²) in [5.74, 6) is 0.953. The number of hydrogen-bond donors (Lipinski definition) is 1. The third kappa shape index (κ3) is 3.78. The van der Waals surface area contributed by atoms with Crippen LogP contribution < -0.4 is 10.5 Å². The standard InChI is InChI=1S/C18H30N2O/c1-5-15(19)17(14-9-6-7-10-16(14)21-4)20-12-8-11-18(2,3)13-20/h6-7,9-10,15,17H,5,8,11-13,19H2,1-4H3. The van der Waals surface area contributed by atoms with Crippen molar-refractivity contribution >= 4 is 0 Å². The zero-order valence-electron chi connectivity index (χ0n) is 13.9. The summed E-state index contributed by atoms with van der Waals surface area (Å²) in [6, 6.07) is 8.70. The Labute approximate surface area is 129 Å². The van der Waals surface area contributed by atoms with Gasteiger partial charge in [0.05, 0.1) is 13.2 Å². The molecule has 0 aromatic heterocycles. The summed E-state index contributed by atoms with van der Waals surface area (Å²) < 4.78 is 5.58. The molecule has 1 fully saturated rings. The van der Waals surface area contributed by atoms with Gasteiger partial charge in [0.15, 0.2) is 0 Å². The Bertz CT molecular complexity index is 458.